The van der Waals surface area contributed by atoms with E-state index in [1.165, 1.54) is 0 Å². The van der Waals surface area contributed by atoms with Crippen LogP contribution >= 0.6 is 0 Å². The highest BCUT2D eigenvalue weighted by Gasteiger charge is 2.32. The van der Waals surface area contributed by atoms with Gasteiger partial charge in [-0.15, -0.1) is 0 Å². The Morgan fingerprint density at radius 2 is 1.75 bits per heavy atom. The molecule has 1 atom stereocenters. The van der Waals surface area contributed by atoms with Gasteiger partial charge in [-0.2, -0.15) is 0 Å². The van der Waals surface area contributed by atoms with Gasteiger partial charge in [-0.1, -0.05) is 18.2 Å². The molecule has 2 fully saturated rings. The number of hydrogen-bond donors (Lipinski definition) is 1. The number of benzene rings is 1. The second kappa shape index (κ2) is 6.30. The largest absolute Gasteiger partial charge is 0.351 e. The number of likely N-dealkylation sites (tertiary alicyclic amines) is 2. The monoisotopic (exact) mass is 325 g/mol. The van der Waals surface area contributed by atoms with Crippen molar-refractivity contribution < 1.29 is 9.59 Å². The molecule has 2 aromatic rings. The summed E-state index contributed by atoms with van der Waals surface area (Å²) in [5, 5.41) is 1.04. The number of aromatic amines is 1. The molecule has 1 aromatic heterocycles. The van der Waals surface area contributed by atoms with Crippen LogP contribution in [0.5, 0.6) is 0 Å². The van der Waals surface area contributed by atoms with Crippen LogP contribution in [-0.4, -0.2) is 52.8 Å². The third-order valence-electron chi connectivity index (χ3n) is 5.24. The van der Waals surface area contributed by atoms with Gasteiger partial charge in [0.2, 0.25) is 5.91 Å². The summed E-state index contributed by atoms with van der Waals surface area (Å²) >= 11 is 0. The summed E-state index contributed by atoms with van der Waals surface area (Å²) in [6, 6.07) is 9.80. The van der Waals surface area contributed by atoms with Crippen LogP contribution in [0.3, 0.4) is 0 Å². The minimum absolute atomic E-state index is 0.00474. The quantitative estimate of drug-likeness (QED) is 0.923. The van der Waals surface area contributed by atoms with E-state index in [0.29, 0.717) is 12.2 Å². The summed E-state index contributed by atoms with van der Waals surface area (Å²) in [5.74, 6) is 0.206. The molecule has 1 unspecified atom stereocenters. The molecule has 0 aliphatic carbocycles. The molecule has 2 aliphatic rings. The van der Waals surface area contributed by atoms with Gasteiger partial charge in [-0.05, 0) is 37.8 Å². The maximum absolute atomic E-state index is 12.8. The fourth-order valence-electron chi connectivity index (χ4n) is 3.92. The Morgan fingerprint density at radius 3 is 2.54 bits per heavy atom. The second-order valence-corrected chi connectivity index (χ2v) is 6.89. The molecule has 24 heavy (non-hydrogen) atoms. The number of rotatable bonds is 2. The van der Waals surface area contributed by atoms with Gasteiger partial charge in [-0.3, -0.25) is 9.59 Å². The summed E-state index contributed by atoms with van der Waals surface area (Å²) < 4.78 is 0. The SMILES string of the molecule is O=C(c1cc2ccccc2[nH]1)N1CCCC(C(=O)N2CCCC2)C1. The first-order chi connectivity index (χ1) is 11.7. The zero-order valence-electron chi connectivity index (χ0n) is 13.8. The van der Waals surface area contributed by atoms with E-state index in [1.54, 1.807) is 0 Å². The fraction of sp³-hybridized carbons (Fsp3) is 0.474. The Labute approximate surface area is 141 Å². The van der Waals surface area contributed by atoms with E-state index in [-0.39, 0.29) is 17.7 Å². The number of piperidine rings is 1. The summed E-state index contributed by atoms with van der Waals surface area (Å²) in [5.41, 5.74) is 1.59. The van der Waals surface area contributed by atoms with Crippen LogP contribution in [0.25, 0.3) is 10.9 Å². The zero-order chi connectivity index (χ0) is 16.5. The van der Waals surface area contributed by atoms with E-state index in [1.807, 2.05) is 40.1 Å². The van der Waals surface area contributed by atoms with Crippen LogP contribution in [0, 0.1) is 5.92 Å². The maximum Gasteiger partial charge on any atom is 0.270 e. The number of aromatic nitrogens is 1. The summed E-state index contributed by atoms with van der Waals surface area (Å²) in [6.45, 7) is 3.04. The van der Waals surface area contributed by atoms with Crippen molar-refractivity contribution in [3.63, 3.8) is 0 Å². The van der Waals surface area contributed by atoms with Gasteiger partial charge in [0.15, 0.2) is 0 Å². The van der Waals surface area contributed by atoms with Gasteiger partial charge in [0.05, 0.1) is 5.92 Å². The number of amides is 2. The van der Waals surface area contributed by atoms with Crippen molar-refractivity contribution in [2.24, 2.45) is 5.92 Å². The van der Waals surface area contributed by atoms with Crippen LogP contribution in [0.1, 0.15) is 36.2 Å². The minimum atomic E-state index is -0.0369. The lowest BCUT2D eigenvalue weighted by atomic mass is 9.96. The molecular weight excluding hydrogens is 302 g/mol. The number of carbonyl (C=O) groups excluding carboxylic acids is 2. The van der Waals surface area contributed by atoms with Crippen molar-refractivity contribution in [2.75, 3.05) is 26.2 Å². The number of nitrogens with one attached hydrogen (secondary N) is 1. The van der Waals surface area contributed by atoms with Crippen molar-refractivity contribution in [3.8, 4) is 0 Å². The number of para-hydroxylation sites is 1. The van der Waals surface area contributed by atoms with Crippen LogP contribution in [0.4, 0.5) is 0 Å². The van der Waals surface area contributed by atoms with Gasteiger partial charge < -0.3 is 14.8 Å². The molecule has 0 saturated carbocycles. The fourth-order valence-corrected chi connectivity index (χ4v) is 3.92. The predicted octanol–water partition coefficient (Wildman–Crippen LogP) is 2.64. The topological polar surface area (TPSA) is 56.4 Å². The first-order valence-electron chi connectivity index (χ1n) is 8.88. The molecule has 2 aliphatic heterocycles. The Balaban J connectivity index is 1.48. The Kier molecular flexibility index (Phi) is 4.00. The van der Waals surface area contributed by atoms with E-state index in [0.717, 1.165) is 56.2 Å². The first kappa shape index (κ1) is 15.2. The predicted molar refractivity (Wildman–Crippen MR) is 92.7 cm³/mol. The number of carbonyl (C=O) groups is 2. The van der Waals surface area contributed by atoms with Crippen LogP contribution in [0.15, 0.2) is 30.3 Å². The third-order valence-corrected chi connectivity index (χ3v) is 5.24. The van der Waals surface area contributed by atoms with Gasteiger partial charge in [0, 0.05) is 37.1 Å². The molecule has 4 rings (SSSR count). The van der Waals surface area contributed by atoms with Gasteiger partial charge >= 0.3 is 0 Å². The number of H-pyrrole nitrogens is 1. The van der Waals surface area contributed by atoms with Crippen molar-refractivity contribution in [1.82, 2.24) is 14.8 Å². The highest BCUT2D eigenvalue weighted by atomic mass is 16.2. The average molecular weight is 325 g/mol. The lowest BCUT2D eigenvalue weighted by Gasteiger charge is -2.33. The van der Waals surface area contributed by atoms with E-state index < -0.39 is 0 Å². The van der Waals surface area contributed by atoms with Crippen molar-refractivity contribution >= 4 is 22.7 Å². The molecule has 5 nitrogen and oxygen atoms in total. The van der Waals surface area contributed by atoms with Crippen molar-refractivity contribution in [2.45, 2.75) is 25.7 Å². The Hall–Kier alpha value is -2.30. The molecular formula is C19H23N3O2. The lowest BCUT2D eigenvalue weighted by Crippen LogP contribution is -2.46. The summed E-state index contributed by atoms with van der Waals surface area (Å²) in [7, 11) is 0. The van der Waals surface area contributed by atoms with Crippen molar-refractivity contribution in [1.29, 1.82) is 0 Å². The van der Waals surface area contributed by atoms with Crippen LogP contribution in [0.2, 0.25) is 0 Å². The normalized spacial score (nSPS) is 21.4. The van der Waals surface area contributed by atoms with Gasteiger partial charge in [0.25, 0.3) is 5.91 Å². The molecule has 1 N–H and O–H groups in total. The molecule has 0 bridgehead atoms. The van der Waals surface area contributed by atoms with Gasteiger partial charge in [0.1, 0.15) is 5.69 Å². The smallest absolute Gasteiger partial charge is 0.270 e. The number of fused-ring (bicyclic) bond motifs is 1. The van der Waals surface area contributed by atoms with Crippen LogP contribution in [-0.2, 0) is 4.79 Å². The van der Waals surface area contributed by atoms with Crippen molar-refractivity contribution in [3.05, 3.63) is 36.0 Å². The van der Waals surface area contributed by atoms with E-state index in [9.17, 15) is 9.59 Å². The highest BCUT2D eigenvalue weighted by molar-refractivity contribution is 5.98. The molecule has 126 valence electrons. The Bertz CT molecular complexity index is 728. The Morgan fingerprint density at radius 1 is 1.00 bits per heavy atom. The molecule has 2 saturated heterocycles. The standard InChI is InChI=1S/C19H23N3O2/c23-18(21-9-3-4-10-21)15-7-5-11-22(13-15)19(24)17-12-14-6-1-2-8-16(14)20-17/h1-2,6,8,12,15,20H,3-5,7,9-11,13H2. The van der Waals surface area contributed by atoms with Crippen LogP contribution < -0.4 is 0 Å². The molecule has 0 spiro atoms. The maximum atomic E-state index is 12.8. The average Bonchev–Trinajstić information content (AvgIpc) is 3.30. The first-order valence-corrected chi connectivity index (χ1v) is 8.88. The highest BCUT2D eigenvalue weighted by Crippen LogP contribution is 2.23. The van der Waals surface area contributed by atoms with Gasteiger partial charge in [-0.25, -0.2) is 0 Å². The molecule has 2 amide bonds. The second-order valence-electron chi connectivity index (χ2n) is 6.89. The lowest BCUT2D eigenvalue weighted by molar-refractivity contribution is -0.135. The zero-order valence-corrected chi connectivity index (χ0v) is 13.8. The minimum Gasteiger partial charge on any atom is -0.351 e. The van der Waals surface area contributed by atoms with E-state index in [2.05, 4.69) is 4.98 Å². The summed E-state index contributed by atoms with van der Waals surface area (Å²) in [6.07, 6.45) is 4.01. The van der Waals surface area contributed by atoms with E-state index in [4.69, 9.17) is 0 Å². The third kappa shape index (κ3) is 2.79. The van der Waals surface area contributed by atoms with E-state index >= 15 is 0 Å². The molecule has 3 heterocycles. The molecule has 5 heteroatoms. The molecule has 1 aromatic carbocycles. The molecule has 0 radical (unpaired) electrons. The number of nitrogens with zero attached hydrogens (tertiary/aromatic N) is 2. The number of hydrogen-bond acceptors (Lipinski definition) is 2. The summed E-state index contributed by atoms with van der Waals surface area (Å²) in [4.78, 5) is 32.5.